The lowest BCUT2D eigenvalue weighted by Gasteiger charge is -2.18. The van der Waals surface area contributed by atoms with Crippen LogP contribution in [0, 0.1) is 0 Å². The Morgan fingerprint density at radius 2 is 1.26 bits per heavy atom. The maximum atomic E-state index is 15.2. The van der Waals surface area contributed by atoms with Crippen molar-refractivity contribution in [2.75, 3.05) is 0 Å². The lowest BCUT2D eigenvalue weighted by Crippen LogP contribution is -2.42. The highest BCUT2D eigenvalue weighted by atomic mass is 19.1. The van der Waals surface area contributed by atoms with Crippen molar-refractivity contribution >= 4 is 11.0 Å². The van der Waals surface area contributed by atoms with Gasteiger partial charge in [-0.25, -0.2) is 18.1 Å². The molecule has 2 unspecified atom stereocenters. The molecule has 0 saturated carbocycles. The van der Waals surface area contributed by atoms with E-state index in [-0.39, 0.29) is 22.2 Å². The summed E-state index contributed by atoms with van der Waals surface area (Å²) in [6.07, 6.45) is -2.49. The van der Waals surface area contributed by atoms with E-state index in [0.717, 1.165) is 4.57 Å². The van der Waals surface area contributed by atoms with Gasteiger partial charge >= 0.3 is 5.69 Å². The molecule has 4 rings (SSSR count). The van der Waals surface area contributed by atoms with Crippen molar-refractivity contribution < 1.29 is 8.78 Å². The largest absolute Gasteiger partial charge is 0.355 e. The number of alkyl halides is 2. The van der Waals surface area contributed by atoms with Crippen molar-refractivity contribution in [2.45, 2.75) is 12.6 Å². The molecule has 0 fully saturated rings. The fraction of sp³-hybridized carbons (Fsp3) is 0.100. The van der Waals surface area contributed by atoms with Gasteiger partial charge in [-0.15, -0.1) is 0 Å². The summed E-state index contributed by atoms with van der Waals surface area (Å²) >= 11 is 0. The van der Waals surface area contributed by atoms with Crippen LogP contribution in [0.2, 0.25) is 0 Å². The summed E-state index contributed by atoms with van der Waals surface area (Å²) in [7, 11) is 0. The van der Waals surface area contributed by atoms with Crippen molar-refractivity contribution in [3.05, 3.63) is 105 Å². The minimum absolute atomic E-state index is 0.0354. The minimum Gasteiger partial charge on any atom is -0.355 e. The lowest BCUT2D eigenvalue weighted by molar-refractivity contribution is 0.248. The molecule has 0 aliphatic carbocycles. The standard InChI is InChI=1S/C20H15F2N3O2/c21-17(13-7-3-1-4-8-13)24-15-11-12-23-16(15)19(26)25(20(24)27)18(22)14-9-5-2-6-10-14/h1-12,17-18,23H. The molecule has 2 aromatic heterocycles. The van der Waals surface area contributed by atoms with Gasteiger partial charge in [0.2, 0.25) is 12.6 Å². The Labute approximate surface area is 152 Å². The third kappa shape index (κ3) is 2.77. The number of hydrogen-bond acceptors (Lipinski definition) is 2. The van der Waals surface area contributed by atoms with Crippen LogP contribution in [0.15, 0.2) is 82.5 Å². The number of H-pyrrole nitrogens is 1. The molecule has 4 aromatic rings. The summed E-state index contributed by atoms with van der Waals surface area (Å²) in [5.74, 6) is 0. The predicted octanol–water partition coefficient (Wildman–Crippen LogP) is 3.52. The average molecular weight is 367 g/mol. The Morgan fingerprint density at radius 1 is 0.741 bits per heavy atom. The van der Waals surface area contributed by atoms with E-state index in [1.807, 2.05) is 0 Å². The molecular formula is C20H15F2N3O2. The van der Waals surface area contributed by atoms with Gasteiger partial charge in [0.25, 0.3) is 5.56 Å². The fourth-order valence-corrected chi connectivity index (χ4v) is 3.10. The van der Waals surface area contributed by atoms with Gasteiger partial charge in [0.05, 0.1) is 5.52 Å². The van der Waals surface area contributed by atoms with Crippen LogP contribution in [-0.2, 0) is 0 Å². The molecule has 0 bridgehead atoms. The Balaban J connectivity index is 1.99. The molecule has 2 atom stereocenters. The molecule has 136 valence electrons. The molecule has 0 radical (unpaired) electrons. The summed E-state index contributed by atoms with van der Waals surface area (Å²) < 4.78 is 31.5. The molecule has 0 amide bonds. The highest BCUT2D eigenvalue weighted by Gasteiger charge is 2.25. The number of halogens is 2. The van der Waals surface area contributed by atoms with Gasteiger partial charge in [-0.05, 0) is 6.07 Å². The first-order chi connectivity index (χ1) is 13.1. The van der Waals surface area contributed by atoms with E-state index in [2.05, 4.69) is 4.98 Å². The Kier molecular flexibility index (Phi) is 4.19. The molecule has 0 saturated heterocycles. The Bertz CT molecular complexity index is 1200. The highest BCUT2D eigenvalue weighted by Crippen LogP contribution is 2.23. The maximum Gasteiger partial charge on any atom is 0.336 e. The predicted molar refractivity (Wildman–Crippen MR) is 98.2 cm³/mol. The van der Waals surface area contributed by atoms with Crippen molar-refractivity contribution in [3.63, 3.8) is 0 Å². The van der Waals surface area contributed by atoms with Crippen LogP contribution in [0.4, 0.5) is 8.78 Å². The van der Waals surface area contributed by atoms with Gasteiger partial charge in [-0.3, -0.25) is 9.36 Å². The molecule has 2 heterocycles. The van der Waals surface area contributed by atoms with E-state index in [0.29, 0.717) is 4.57 Å². The van der Waals surface area contributed by atoms with Crippen LogP contribution >= 0.6 is 0 Å². The Morgan fingerprint density at radius 3 is 1.81 bits per heavy atom. The van der Waals surface area contributed by atoms with Crippen LogP contribution in [0.3, 0.4) is 0 Å². The lowest BCUT2D eigenvalue weighted by atomic mass is 10.2. The van der Waals surface area contributed by atoms with Gasteiger partial charge in [0.15, 0.2) is 0 Å². The van der Waals surface area contributed by atoms with Gasteiger partial charge in [0, 0.05) is 17.3 Å². The van der Waals surface area contributed by atoms with Gasteiger partial charge < -0.3 is 4.98 Å². The molecule has 1 N–H and O–H groups in total. The zero-order valence-corrected chi connectivity index (χ0v) is 14.0. The van der Waals surface area contributed by atoms with E-state index < -0.39 is 23.8 Å². The van der Waals surface area contributed by atoms with Gasteiger partial charge in [-0.2, -0.15) is 0 Å². The summed E-state index contributed by atoms with van der Waals surface area (Å²) in [4.78, 5) is 28.3. The number of nitrogens with one attached hydrogen (secondary N) is 1. The molecule has 0 spiro atoms. The van der Waals surface area contributed by atoms with Crippen molar-refractivity contribution in [1.29, 1.82) is 0 Å². The van der Waals surface area contributed by atoms with Crippen LogP contribution in [0.25, 0.3) is 11.0 Å². The number of aromatic amines is 1. The number of rotatable bonds is 4. The first-order valence-corrected chi connectivity index (χ1v) is 8.31. The van der Waals surface area contributed by atoms with E-state index in [9.17, 15) is 9.59 Å². The summed E-state index contributed by atoms with van der Waals surface area (Å²) in [5.41, 5.74) is -1.50. The molecular weight excluding hydrogens is 352 g/mol. The second kappa shape index (κ2) is 6.68. The number of benzene rings is 2. The molecule has 5 nitrogen and oxygen atoms in total. The normalized spacial score (nSPS) is 13.6. The number of fused-ring (bicyclic) bond motifs is 1. The van der Waals surface area contributed by atoms with Crippen LogP contribution in [0.5, 0.6) is 0 Å². The van der Waals surface area contributed by atoms with E-state index in [4.69, 9.17) is 0 Å². The quantitative estimate of drug-likeness (QED) is 0.600. The summed E-state index contributed by atoms with van der Waals surface area (Å²) in [6.45, 7) is 0. The second-order valence-corrected chi connectivity index (χ2v) is 6.06. The third-order valence-electron chi connectivity index (χ3n) is 4.43. The van der Waals surface area contributed by atoms with Crippen molar-refractivity contribution in [1.82, 2.24) is 14.1 Å². The van der Waals surface area contributed by atoms with Crippen molar-refractivity contribution in [2.24, 2.45) is 0 Å². The number of hydrogen-bond donors (Lipinski definition) is 1. The van der Waals surface area contributed by atoms with Gasteiger partial charge in [-0.1, -0.05) is 60.7 Å². The topological polar surface area (TPSA) is 59.8 Å². The maximum absolute atomic E-state index is 15.2. The van der Waals surface area contributed by atoms with E-state index >= 15 is 8.78 Å². The summed E-state index contributed by atoms with van der Waals surface area (Å²) in [6, 6.07) is 17.3. The van der Waals surface area contributed by atoms with Crippen molar-refractivity contribution in [3.8, 4) is 0 Å². The Hall–Kier alpha value is -3.48. The molecule has 27 heavy (non-hydrogen) atoms. The van der Waals surface area contributed by atoms with Crippen LogP contribution in [-0.4, -0.2) is 14.1 Å². The van der Waals surface area contributed by atoms with Gasteiger partial charge in [0.1, 0.15) is 5.52 Å². The zero-order valence-electron chi connectivity index (χ0n) is 14.0. The summed E-state index contributed by atoms with van der Waals surface area (Å²) in [5, 5.41) is 0. The fourth-order valence-electron chi connectivity index (χ4n) is 3.10. The SMILES string of the molecule is O=c1c2[nH]ccc2n(C(F)c2ccccc2)c(=O)n1C(F)c1ccccc1. The first kappa shape index (κ1) is 17.0. The van der Waals surface area contributed by atoms with Crippen LogP contribution in [0.1, 0.15) is 23.7 Å². The smallest absolute Gasteiger partial charge is 0.336 e. The molecule has 0 aliphatic heterocycles. The number of nitrogens with zero attached hydrogens (tertiary/aromatic N) is 2. The molecule has 7 heteroatoms. The minimum atomic E-state index is -2.03. The number of aromatic nitrogens is 3. The van der Waals surface area contributed by atoms with E-state index in [1.54, 1.807) is 36.4 Å². The average Bonchev–Trinajstić information content (AvgIpc) is 3.19. The molecule has 2 aromatic carbocycles. The monoisotopic (exact) mass is 367 g/mol. The molecule has 0 aliphatic rings. The van der Waals surface area contributed by atoms with E-state index in [1.165, 1.54) is 36.5 Å². The highest BCUT2D eigenvalue weighted by molar-refractivity contribution is 5.74. The zero-order chi connectivity index (χ0) is 19.0. The third-order valence-corrected chi connectivity index (χ3v) is 4.43. The van der Waals surface area contributed by atoms with Crippen LogP contribution < -0.4 is 11.2 Å². The first-order valence-electron chi connectivity index (χ1n) is 8.31. The second-order valence-electron chi connectivity index (χ2n) is 6.06.